The third kappa shape index (κ3) is 5.72. The number of benzene rings is 2. The van der Waals surface area contributed by atoms with Gasteiger partial charge in [0.25, 0.3) is 5.91 Å². The topological polar surface area (TPSA) is 94.8 Å². The summed E-state index contributed by atoms with van der Waals surface area (Å²) in [5, 5.41) is 3.25. The van der Waals surface area contributed by atoms with Gasteiger partial charge in [0.2, 0.25) is 0 Å². The molecule has 162 valence electrons. The predicted molar refractivity (Wildman–Crippen MR) is 118 cm³/mol. The molecule has 0 spiro atoms. The minimum Gasteiger partial charge on any atom is -0.493 e. The van der Waals surface area contributed by atoms with E-state index in [1.165, 1.54) is 6.07 Å². The lowest BCUT2D eigenvalue weighted by Crippen LogP contribution is -2.20. The number of esters is 1. The van der Waals surface area contributed by atoms with Crippen LogP contribution in [-0.4, -0.2) is 25.1 Å². The molecule has 3 rings (SSSR count). The minimum atomic E-state index is -0.744. The van der Waals surface area contributed by atoms with Gasteiger partial charge in [-0.1, -0.05) is 20.8 Å². The second kappa shape index (κ2) is 9.93. The maximum absolute atomic E-state index is 12.6. The molecule has 7 nitrogen and oxygen atoms in total. The number of rotatable bonds is 8. The fourth-order valence-corrected chi connectivity index (χ4v) is 2.77. The Kier molecular flexibility index (Phi) is 7.07. The summed E-state index contributed by atoms with van der Waals surface area (Å²) in [6, 6.07) is 12.9. The van der Waals surface area contributed by atoms with Crippen LogP contribution >= 0.6 is 0 Å². The van der Waals surface area contributed by atoms with E-state index in [4.69, 9.17) is 13.9 Å². The van der Waals surface area contributed by atoms with Crippen molar-refractivity contribution in [3.05, 3.63) is 70.1 Å². The summed E-state index contributed by atoms with van der Waals surface area (Å²) in [4.78, 5) is 36.9. The molecule has 3 aromatic rings. The maximum atomic E-state index is 12.6. The SMILES string of the molecule is CCCOc1ccc2cc(C(=O)Nc3ccc(C(=O)OCC(C)C)cc3)c(=O)oc2c1. The third-order valence-corrected chi connectivity index (χ3v) is 4.35. The van der Waals surface area contributed by atoms with Crippen molar-refractivity contribution in [2.45, 2.75) is 27.2 Å². The van der Waals surface area contributed by atoms with Gasteiger partial charge in [0, 0.05) is 17.1 Å². The van der Waals surface area contributed by atoms with Crippen LogP contribution in [-0.2, 0) is 4.74 Å². The Labute approximate surface area is 180 Å². The molecule has 0 atom stereocenters. The fourth-order valence-electron chi connectivity index (χ4n) is 2.77. The lowest BCUT2D eigenvalue weighted by atomic mass is 10.1. The molecule has 1 aromatic heterocycles. The molecule has 2 aromatic carbocycles. The van der Waals surface area contributed by atoms with E-state index in [2.05, 4.69) is 5.32 Å². The highest BCUT2D eigenvalue weighted by Crippen LogP contribution is 2.21. The van der Waals surface area contributed by atoms with E-state index in [1.54, 1.807) is 42.5 Å². The average Bonchev–Trinajstić information content (AvgIpc) is 2.75. The van der Waals surface area contributed by atoms with Gasteiger partial charge in [-0.05, 0) is 54.8 Å². The zero-order valence-corrected chi connectivity index (χ0v) is 17.8. The molecule has 0 fully saturated rings. The first kappa shape index (κ1) is 22.1. The molecule has 0 radical (unpaired) electrons. The van der Waals surface area contributed by atoms with Gasteiger partial charge in [-0.25, -0.2) is 9.59 Å². The first-order chi connectivity index (χ1) is 14.9. The van der Waals surface area contributed by atoms with E-state index in [0.717, 1.165) is 6.42 Å². The van der Waals surface area contributed by atoms with Gasteiger partial charge in [-0.2, -0.15) is 0 Å². The second-order valence-electron chi connectivity index (χ2n) is 7.52. The summed E-state index contributed by atoms with van der Waals surface area (Å²) >= 11 is 0. The van der Waals surface area contributed by atoms with Gasteiger partial charge < -0.3 is 19.2 Å². The molecule has 0 aliphatic carbocycles. The Hall–Kier alpha value is -3.61. The highest BCUT2D eigenvalue weighted by Gasteiger charge is 2.15. The summed E-state index contributed by atoms with van der Waals surface area (Å²) in [5.41, 5.74) is 0.305. The van der Waals surface area contributed by atoms with Crippen LogP contribution in [0.15, 0.2) is 57.7 Å². The number of nitrogens with one attached hydrogen (secondary N) is 1. The zero-order chi connectivity index (χ0) is 22.4. The molecule has 1 amide bonds. The van der Waals surface area contributed by atoms with Crippen LogP contribution < -0.4 is 15.7 Å². The van der Waals surface area contributed by atoms with Crippen molar-refractivity contribution in [2.75, 3.05) is 18.5 Å². The molecule has 7 heteroatoms. The number of anilines is 1. The number of carbonyl (C=O) groups excluding carboxylic acids is 2. The highest BCUT2D eigenvalue weighted by atomic mass is 16.5. The number of ether oxygens (including phenoxy) is 2. The largest absolute Gasteiger partial charge is 0.493 e. The third-order valence-electron chi connectivity index (χ3n) is 4.35. The Bertz CT molecular complexity index is 1130. The Morgan fingerprint density at radius 3 is 2.48 bits per heavy atom. The summed E-state index contributed by atoms with van der Waals surface area (Å²) in [6.45, 7) is 6.80. The van der Waals surface area contributed by atoms with E-state index in [1.807, 2.05) is 20.8 Å². The summed E-state index contributed by atoms with van der Waals surface area (Å²) in [5.74, 6) is -0.186. The van der Waals surface area contributed by atoms with Gasteiger partial charge in [-0.3, -0.25) is 4.79 Å². The number of carbonyl (C=O) groups is 2. The quantitative estimate of drug-likeness (QED) is 0.419. The van der Waals surface area contributed by atoms with Crippen LogP contribution in [0.2, 0.25) is 0 Å². The molecular weight excluding hydrogens is 398 g/mol. The molecule has 1 N–H and O–H groups in total. The van der Waals surface area contributed by atoms with Gasteiger partial charge in [0.1, 0.15) is 16.9 Å². The molecule has 31 heavy (non-hydrogen) atoms. The number of hydrogen-bond donors (Lipinski definition) is 1. The number of amides is 1. The number of fused-ring (bicyclic) bond motifs is 1. The van der Waals surface area contributed by atoms with Crippen LogP contribution in [0.5, 0.6) is 5.75 Å². The van der Waals surface area contributed by atoms with Gasteiger partial charge in [0.05, 0.1) is 18.8 Å². The van der Waals surface area contributed by atoms with E-state index in [0.29, 0.717) is 41.2 Å². The molecule has 0 saturated carbocycles. The van der Waals surface area contributed by atoms with Gasteiger partial charge >= 0.3 is 11.6 Å². The van der Waals surface area contributed by atoms with Crippen molar-refractivity contribution in [1.82, 2.24) is 0 Å². The molecule has 1 heterocycles. The normalized spacial score (nSPS) is 10.8. The molecule has 0 aliphatic heterocycles. The van der Waals surface area contributed by atoms with Crippen LogP contribution in [0, 0.1) is 5.92 Å². The number of hydrogen-bond acceptors (Lipinski definition) is 6. The standard InChI is InChI=1S/C24H25NO6/c1-4-11-29-19-10-7-17-12-20(24(28)31-21(17)13-19)22(26)25-18-8-5-16(6-9-18)23(27)30-14-15(2)3/h5-10,12-13,15H,4,11,14H2,1-3H3,(H,25,26). The van der Waals surface area contributed by atoms with E-state index >= 15 is 0 Å². The first-order valence-corrected chi connectivity index (χ1v) is 10.2. The monoisotopic (exact) mass is 423 g/mol. The maximum Gasteiger partial charge on any atom is 0.349 e. The molecule has 0 aliphatic rings. The molecule has 0 saturated heterocycles. The van der Waals surface area contributed by atoms with Crippen molar-refractivity contribution in [1.29, 1.82) is 0 Å². The minimum absolute atomic E-state index is 0.116. The Morgan fingerprint density at radius 2 is 1.81 bits per heavy atom. The molecule has 0 unspecified atom stereocenters. The smallest absolute Gasteiger partial charge is 0.349 e. The molecular formula is C24H25NO6. The zero-order valence-electron chi connectivity index (χ0n) is 17.8. The second-order valence-corrected chi connectivity index (χ2v) is 7.52. The van der Waals surface area contributed by atoms with Crippen LogP contribution in [0.1, 0.15) is 47.9 Å². The lowest BCUT2D eigenvalue weighted by molar-refractivity contribution is 0.0459. The molecule has 0 bridgehead atoms. The van der Waals surface area contributed by atoms with E-state index in [-0.39, 0.29) is 11.5 Å². The first-order valence-electron chi connectivity index (χ1n) is 10.2. The fraction of sp³-hybridized carbons (Fsp3) is 0.292. The van der Waals surface area contributed by atoms with Crippen molar-refractivity contribution in [3.63, 3.8) is 0 Å². The van der Waals surface area contributed by atoms with Crippen LogP contribution in [0.3, 0.4) is 0 Å². The Balaban J connectivity index is 1.73. The predicted octanol–water partition coefficient (Wildman–Crippen LogP) is 4.65. The van der Waals surface area contributed by atoms with Crippen molar-refractivity contribution in [2.24, 2.45) is 5.92 Å². The van der Waals surface area contributed by atoms with Gasteiger partial charge in [0.15, 0.2) is 0 Å². The van der Waals surface area contributed by atoms with Crippen LogP contribution in [0.4, 0.5) is 5.69 Å². The van der Waals surface area contributed by atoms with Crippen molar-refractivity contribution >= 4 is 28.5 Å². The average molecular weight is 423 g/mol. The summed E-state index contributed by atoms with van der Waals surface area (Å²) in [7, 11) is 0. The lowest BCUT2D eigenvalue weighted by Gasteiger charge is -2.09. The van der Waals surface area contributed by atoms with Crippen molar-refractivity contribution in [3.8, 4) is 5.75 Å². The van der Waals surface area contributed by atoms with E-state index in [9.17, 15) is 14.4 Å². The highest BCUT2D eigenvalue weighted by molar-refractivity contribution is 6.05. The summed E-state index contributed by atoms with van der Waals surface area (Å²) < 4.78 is 16.0. The van der Waals surface area contributed by atoms with Crippen molar-refractivity contribution < 1.29 is 23.5 Å². The van der Waals surface area contributed by atoms with Crippen LogP contribution in [0.25, 0.3) is 11.0 Å². The Morgan fingerprint density at radius 1 is 1.06 bits per heavy atom. The van der Waals surface area contributed by atoms with Gasteiger partial charge in [-0.15, -0.1) is 0 Å². The summed E-state index contributed by atoms with van der Waals surface area (Å²) in [6.07, 6.45) is 0.862. The van der Waals surface area contributed by atoms with E-state index < -0.39 is 17.5 Å².